The molecule has 1 aromatic carbocycles. The van der Waals surface area contributed by atoms with Gasteiger partial charge < -0.3 is 21.4 Å². The van der Waals surface area contributed by atoms with Gasteiger partial charge >= 0.3 is 0 Å². The van der Waals surface area contributed by atoms with Gasteiger partial charge in [0.15, 0.2) is 5.76 Å². The van der Waals surface area contributed by atoms with Crippen LogP contribution in [-0.2, 0) is 6.54 Å². The molecule has 0 atom stereocenters. The Morgan fingerprint density at radius 1 is 1.10 bits per heavy atom. The number of halogens is 1. The number of aromatic nitrogens is 2. The number of rotatable bonds is 5. The van der Waals surface area contributed by atoms with Crippen LogP contribution < -0.4 is 17.0 Å². The summed E-state index contributed by atoms with van der Waals surface area (Å²) in [4.78, 5) is 18.5. The molecule has 4 bridgehead atoms. The van der Waals surface area contributed by atoms with E-state index in [2.05, 4.69) is 24.3 Å². The van der Waals surface area contributed by atoms with Gasteiger partial charge in [-0.15, -0.1) is 5.10 Å². The number of furan rings is 1. The van der Waals surface area contributed by atoms with Gasteiger partial charge in [0.1, 0.15) is 38.0 Å². The fraction of sp³-hybridized carbons (Fsp3) is 0.368. The first kappa shape index (κ1) is 20.7. The Balaban J connectivity index is 0.00000204. The Morgan fingerprint density at radius 3 is 2.39 bits per heavy atom. The second-order valence-corrected chi connectivity index (χ2v) is 8.98. The van der Waals surface area contributed by atoms with Crippen molar-refractivity contribution in [2.75, 3.05) is 40.0 Å². The molecular weight excluding hydrogens is 486 g/mol. The zero-order chi connectivity index (χ0) is 20.3. The molecule has 31 heavy (non-hydrogen) atoms. The summed E-state index contributed by atoms with van der Waals surface area (Å²) in [6.45, 7) is 6.67. The number of nitro benzene ring substituents is 1. The highest BCUT2D eigenvalue weighted by Crippen LogP contribution is 2.39. The fourth-order valence-corrected chi connectivity index (χ4v) is 5.59. The topological polar surface area (TPSA) is 91.8 Å². The smallest absolute Gasteiger partial charge is 0.280 e. The molecule has 0 spiro atoms. The van der Waals surface area contributed by atoms with E-state index in [0.29, 0.717) is 17.9 Å². The minimum absolute atomic E-state index is 0. The van der Waals surface area contributed by atoms with Crippen LogP contribution in [0.5, 0.6) is 0 Å². The van der Waals surface area contributed by atoms with Crippen LogP contribution in [0.15, 0.2) is 40.1 Å². The van der Waals surface area contributed by atoms with Gasteiger partial charge in [0.05, 0.1) is 36.1 Å². The van der Waals surface area contributed by atoms with Crippen molar-refractivity contribution in [2.24, 2.45) is 0 Å². The predicted molar refractivity (Wildman–Crippen MR) is 108 cm³/mol. The first-order valence-electron chi connectivity index (χ1n) is 9.75. The third kappa shape index (κ3) is 3.58. The van der Waals surface area contributed by atoms with Crippen molar-refractivity contribution in [3.05, 3.63) is 51.6 Å². The Labute approximate surface area is 192 Å². The van der Waals surface area contributed by atoms with Gasteiger partial charge in [-0.25, -0.2) is 14.7 Å². The molecule has 162 valence electrons. The van der Waals surface area contributed by atoms with Gasteiger partial charge in [-0.1, -0.05) is 16.6 Å². The van der Waals surface area contributed by atoms with E-state index in [4.69, 9.17) is 4.42 Å². The largest absolute Gasteiger partial charge is 1.00 e. The SMILES string of the molecule is O=[N+]([O-])c1ccccc1-c1cc(-c2csnn2)c(C[N+]23CN4CN(CN(C4)C2)C3)o1.[Br-]. The van der Waals surface area contributed by atoms with Crippen molar-refractivity contribution in [3.63, 3.8) is 0 Å². The Morgan fingerprint density at radius 2 is 1.77 bits per heavy atom. The maximum atomic E-state index is 11.5. The van der Waals surface area contributed by atoms with E-state index < -0.39 is 0 Å². The minimum Gasteiger partial charge on any atom is -1.00 e. The molecule has 0 saturated carbocycles. The maximum Gasteiger partial charge on any atom is 0.280 e. The summed E-state index contributed by atoms with van der Waals surface area (Å²) >= 11 is 1.29. The summed E-state index contributed by atoms with van der Waals surface area (Å²) in [6, 6.07) is 8.56. The molecule has 4 saturated heterocycles. The summed E-state index contributed by atoms with van der Waals surface area (Å²) in [5.41, 5.74) is 2.13. The van der Waals surface area contributed by atoms with E-state index in [1.165, 1.54) is 17.6 Å². The number of benzene rings is 1. The molecule has 0 radical (unpaired) electrons. The van der Waals surface area contributed by atoms with Crippen LogP contribution >= 0.6 is 11.5 Å². The summed E-state index contributed by atoms with van der Waals surface area (Å²) in [7, 11) is 0. The molecule has 12 heteroatoms. The number of hydrogen-bond acceptors (Lipinski definition) is 9. The molecule has 4 aliphatic rings. The molecular formula is C19H20BrN7O3S. The van der Waals surface area contributed by atoms with Gasteiger partial charge in [0.2, 0.25) is 0 Å². The molecule has 10 nitrogen and oxygen atoms in total. The van der Waals surface area contributed by atoms with E-state index in [1.807, 2.05) is 11.4 Å². The zero-order valence-electron chi connectivity index (χ0n) is 16.6. The number of quaternary nitrogens is 1. The zero-order valence-corrected chi connectivity index (χ0v) is 19.0. The number of para-hydroxylation sites is 1. The number of nitro groups is 1. The first-order chi connectivity index (χ1) is 14.6. The van der Waals surface area contributed by atoms with Crippen molar-refractivity contribution in [1.82, 2.24) is 24.3 Å². The second-order valence-electron chi connectivity index (χ2n) is 8.37. The average molecular weight is 506 g/mol. The van der Waals surface area contributed by atoms with E-state index in [1.54, 1.807) is 18.2 Å². The van der Waals surface area contributed by atoms with Crippen LogP contribution in [0.2, 0.25) is 0 Å². The quantitative estimate of drug-likeness (QED) is 0.257. The monoisotopic (exact) mass is 505 g/mol. The molecule has 3 aromatic rings. The minimum atomic E-state index is -0.370. The Kier molecular flexibility index (Phi) is 5.15. The molecule has 7 rings (SSSR count). The summed E-state index contributed by atoms with van der Waals surface area (Å²) in [5.74, 6) is 1.30. The van der Waals surface area contributed by atoms with E-state index >= 15 is 0 Å². The van der Waals surface area contributed by atoms with Crippen LogP contribution in [0.1, 0.15) is 5.76 Å². The second kappa shape index (κ2) is 7.73. The lowest BCUT2D eigenvalue weighted by Gasteiger charge is -2.60. The Hall–Kier alpha value is -2.22. The lowest BCUT2D eigenvalue weighted by molar-refractivity contribution is -0.992. The van der Waals surface area contributed by atoms with Crippen LogP contribution in [0.4, 0.5) is 5.69 Å². The van der Waals surface area contributed by atoms with Crippen molar-refractivity contribution in [3.8, 4) is 22.6 Å². The molecule has 0 N–H and O–H groups in total. The van der Waals surface area contributed by atoms with Gasteiger partial charge in [-0.3, -0.25) is 14.6 Å². The highest BCUT2D eigenvalue weighted by atomic mass is 79.9. The van der Waals surface area contributed by atoms with Crippen LogP contribution in [-0.4, -0.2) is 73.7 Å². The van der Waals surface area contributed by atoms with Crippen molar-refractivity contribution >= 4 is 17.2 Å². The lowest BCUT2D eigenvalue weighted by Crippen LogP contribution is -3.00. The van der Waals surface area contributed by atoms with Crippen LogP contribution in [0.25, 0.3) is 22.6 Å². The van der Waals surface area contributed by atoms with Gasteiger partial charge in [0, 0.05) is 11.4 Å². The average Bonchev–Trinajstić information content (AvgIpc) is 3.36. The van der Waals surface area contributed by atoms with Crippen LogP contribution in [0.3, 0.4) is 0 Å². The molecule has 0 unspecified atom stereocenters. The third-order valence-electron chi connectivity index (χ3n) is 5.99. The van der Waals surface area contributed by atoms with Gasteiger partial charge in [-0.2, -0.15) is 0 Å². The molecule has 0 aliphatic carbocycles. The van der Waals surface area contributed by atoms with Crippen molar-refractivity contribution < 1.29 is 30.8 Å². The van der Waals surface area contributed by atoms with E-state index in [9.17, 15) is 10.1 Å². The summed E-state index contributed by atoms with van der Waals surface area (Å²) in [5, 5.41) is 17.7. The molecule has 6 heterocycles. The van der Waals surface area contributed by atoms with Gasteiger partial charge in [-0.05, 0) is 23.7 Å². The molecule has 4 fully saturated rings. The van der Waals surface area contributed by atoms with Crippen LogP contribution in [0, 0.1) is 10.1 Å². The molecule has 2 aromatic heterocycles. The van der Waals surface area contributed by atoms with Crippen molar-refractivity contribution in [1.29, 1.82) is 0 Å². The molecule has 0 amide bonds. The van der Waals surface area contributed by atoms with E-state index in [-0.39, 0.29) is 27.6 Å². The lowest BCUT2D eigenvalue weighted by atomic mass is 10.1. The Bertz CT molecular complexity index is 1080. The number of hydrogen-bond donors (Lipinski definition) is 0. The maximum absolute atomic E-state index is 11.5. The van der Waals surface area contributed by atoms with Gasteiger partial charge in [0.25, 0.3) is 5.69 Å². The predicted octanol–water partition coefficient (Wildman–Crippen LogP) is -0.614. The number of nitrogens with zero attached hydrogens (tertiary/aromatic N) is 7. The summed E-state index contributed by atoms with van der Waals surface area (Å²) < 4.78 is 11.2. The fourth-order valence-electron chi connectivity index (χ4n) is 5.13. The normalized spacial score (nSPS) is 28.5. The summed E-state index contributed by atoms with van der Waals surface area (Å²) in [6.07, 6.45) is 0. The van der Waals surface area contributed by atoms with Crippen molar-refractivity contribution in [2.45, 2.75) is 6.54 Å². The highest BCUT2D eigenvalue weighted by Gasteiger charge is 2.49. The standard InChI is InChI=1S/C19H20N7O3S.BrH/c27-25(28)17-4-2-1-3-14(17)18-5-15(16-7-30-21-20-16)19(29-18)6-26-11-22-8-23(12-26)10-24(9-22)13-26;/h1-5,7H,6,8-13H2;1H/q+1;/p-1. The first-order valence-corrected chi connectivity index (χ1v) is 10.6. The highest BCUT2D eigenvalue weighted by molar-refractivity contribution is 7.03. The van der Waals surface area contributed by atoms with E-state index in [0.717, 1.165) is 61.5 Å². The third-order valence-corrected chi connectivity index (χ3v) is 6.49. The molecule has 4 aliphatic heterocycles.